The van der Waals surface area contributed by atoms with Crippen LogP contribution in [0.15, 0.2) is 18.2 Å². The van der Waals surface area contributed by atoms with E-state index >= 15 is 0 Å². The number of hydrogen-bond donors (Lipinski definition) is 1. The van der Waals surface area contributed by atoms with Crippen molar-refractivity contribution >= 4 is 18.6 Å². The molecule has 0 saturated carbocycles. The monoisotopic (exact) mass is 220 g/mol. The SMILES string of the molecule is COc1ccc(C=CCC=O)c(C=O)c1O. The Bertz CT molecular complexity index is 421. The van der Waals surface area contributed by atoms with Crippen molar-refractivity contribution in [2.45, 2.75) is 6.42 Å². The molecule has 0 heterocycles. The van der Waals surface area contributed by atoms with Crippen molar-refractivity contribution in [1.29, 1.82) is 0 Å². The Balaban J connectivity index is 3.15. The van der Waals surface area contributed by atoms with Crippen LogP contribution in [0.2, 0.25) is 0 Å². The molecule has 0 aromatic heterocycles. The van der Waals surface area contributed by atoms with Gasteiger partial charge in [-0.2, -0.15) is 0 Å². The summed E-state index contributed by atoms with van der Waals surface area (Å²) in [5, 5.41) is 9.67. The van der Waals surface area contributed by atoms with E-state index in [1.54, 1.807) is 24.3 Å². The second-order valence-electron chi connectivity index (χ2n) is 3.04. The maximum atomic E-state index is 10.8. The van der Waals surface area contributed by atoms with Crippen molar-refractivity contribution in [2.24, 2.45) is 0 Å². The van der Waals surface area contributed by atoms with Crippen LogP contribution in [-0.4, -0.2) is 24.8 Å². The zero-order valence-electron chi connectivity index (χ0n) is 8.84. The minimum absolute atomic E-state index is 0.154. The van der Waals surface area contributed by atoms with Crippen LogP contribution in [-0.2, 0) is 4.79 Å². The van der Waals surface area contributed by atoms with E-state index in [-0.39, 0.29) is 23.5 Å². The van der Waals surface area contributed by atoms with E-state index in [4.69, 9.17) is 4.74 Å². The first-order valence-corrected chi connectivity index (χ1v) is 4.70. The zero-order valence-corrected chi connectivity index (χ0v) is 8.84. The Morgan fingerprint density at radius 2 is 2.12 bits per heavy atom. The van der Waals surface area contributed by atoms with Crippen LogP contribution in [0.1, 0.15) is 22.3 Å². The average Bonchev–Trinajstić information content (AvgIpc) is 2.30. The Morgan fingerprint density at radius 1 is 1.38 bits per heavy atom. The Morgan fingerprint density at radius 3 is 2.69 bits per heavy atom. The number of methoxy groups -OCH3 is 1. The fourth-order valence-electron chi connectivity index (χ4n) is 1.29. The van der Waals surface area contributed by atoms with Crippen LogP contribution >= 0.6 is 0 Å². The molecule has 0 atom stereocenters. The van der Waals surface area contributed by atoms with Crippen molar-refractivity contribution in [3.63, 3.8) is 0 Å². The normalized spacial score (nSPS) is 10.3. The molecule has 1 aromatic carbocycles. The lowest BCUT2D eigenvalue weighted by molar-refractivity contribution is -0.107. The molecule has 0 saturated heterocycles. The molecule has 0 unspecified atom stereocenters. The molecule has 0 aliphatic heterocycles. The van der Waals surface area contributed by atoms with Gasteiger partial charge in [0.2, 0.25) is 0 Å². The molecule has 0 bridgehead atoms. The largest absolute Gasteiger partial charge is 0.504 e. The molecule has 1 N–H and O–H groups in total. The van der Waals surface area contributed by atoms with Crippen molar-refractivity contribution in [3.8, 4) is 11.5 Å². The van der Waals surface area contributed by atoms with Gasteiger partial charge in [-0.25, -0.2) is 0 Å². The summed E-state index contributed by atoms with van der Waals surface area (Å²) in [7, 11) is 1.41. The van der Waals surface area contributed by atoms with E-state index in [0.29, 0.717) is 11.8 Å². The number of allylic oxidation sites excluding steroid dienone is 1. The van der Waals surface area contributed by atoms with Gasteiger partial charge in [0.1, 0.15) is 6.29 Å². The van der Waals surface area contributed by atoms with Gasteiger partial charge in [-0.15, -0.1) is 0 Å². The summed E-state index contributed by atoms with van der Waals surface area (Å²) in [6.45, 7) is 0. The first-order chi connectivity index (χ1) is 7.74. The van der Waals surface area contributed by atoms with Gasteiger partial charge in [-0.1, -0.05) is 18.2 Å². The van der Waals surface area contributed by atoms with Crippen LogP contribution < -0.4 is 4.74 Å². The number of rotatable bonds is 5. The Hall–Kier alpha value is -2.10. The molecule has 1 aromatic rings. The average molecular weight is 220 g/mol. The first-order valence-electron chi connectivity index (χ1n) is 4.70. The van der Waals surface area contributed by atoms with Crippen LogP contribution in [0.25, 0.3) is 6.08 Å². The minimum Gasteiger partial charge on any atom is -0.504 e. The fraction of sp³-hybridized carbons (Fsp3) is 0.167. The highest BCUT2D eigenvalue weighted by molar-refractivity contribution is 5.87. The van der Waals surface area contributed by atoms with Gasteiger partial charge >= 0.3 is 0 Å². The second-order valence-corrected chi connectivity index (χ2v) is 3.04. The van der Waals surface area contributed by atoms with Crippen LogP contribution in [0.3, 0.4) is 0 Å². The number of phenolic OH excluding ortho intramolecular Hbond substituents is 1. The maximum absolute atomic E-state index is 10.8. The minimum atomic E-state index is -0.189. The lowest BCUT2D eigenvalue weighted by Crippen LogP contribution is -1.91. The molecule has 4 nitrogen and oxygen atoms in total. The predicted molar refractivity (Wildman–Crippen MR) is 59.8 cm³/mol. The van der Waals surface area contributed by atoms with Crippen molar-refractivity contribution < 1.29 is 19.4 Å². The molecule has 4 heteroatoms. The highest BCUT2D eigenvalue weighted by atomic mass is 16.5. The van der Waals surface area contributed by atoms with Crippen molar-refractivity contribution in [2.75, 3.05) is 7.11 Å². The van der Waals surface area contributed by atoms with E-state index in [0.717, 1.165) is 6.29 Å². The zero-order chi connectivity index (χ0) is 12.0. The number of phenols is 1. The van der Waals surface area contributed by atoms with Gasteiger partial charge in [-0.05, 0) is 11.6 Å². The number of benzene rings is 1. The van der Waals surface area contributed by atoms with Gasteiger partial charge in [0, 0.05) is 6.42 Å². The summed E-state index contributed by atoms with van der Waals surface area (Å²) in [5.74, 6) is 0.0559. The summed E-state index contributed by atoms with van der Waals surface area (Å²) in [6.07, 6.45) is 4.79. The predicted octanol–water partition coefficient (Wildman–Crippen LogP) is 1.82. The Labute approximate surface area is 93.2 Å². The number of aromatic hydroxyl groups is 1. The van der Waals surface area contributed by atoms with Gasteiger partial charge < -0.3 is 14.6 Å². The van der Waals surface area contributed by atoms with Crippen LogP contribution in [0.5, 0.6) is 11.5 Å². The maximum Gasteiger partial charge on any atom is 0.168 e. The van der Waals surface area contributed by atoms with Crippen molar-refractivity contribution in [1.82, 2.24) is 0 Å². The highest BCUT2D eigenvalue weighted by Gasteiger charge is 2.10. The third kappa shape index (κ3) is 2.48. The fourth-order valence-corrected chi connectivity index (χ4v) is 1.29. The molecule has 84 valence electrons. The van der Waals surface area contributed by atoms with Gasteiger partial charge in [0.05, 0.1) is 12.7 Å². The molecule has 16 heavy (non-hydrogen) atoms. The van der Waals surface area contributed by atoms with E-state index in [9.17, 15) is 14.7 Å². The van der Waals surface area contributed by atoms with E-state index in [1.165, 1.54) is 7.11 Å². The first kappa shape index (κ1) is 12.0. The summed E-state index contributed by atoms with van der Waals surface area (Å²) in [4.78, 5) is 21.0. The van der Waals surface area contributed by atoms with Gasteiger partial charge in [0.25, 0.3) is 0 Å². The molecular formula is C12H12O4. The molecule has 0 amide bonds. The van der Waals surface area contributed by atoms with E-state index in [1.807, 2.05) is 0 Å². The lowest BCUT2D eigenvalue weighted by Gasteiger charge is -2.07. The Kier molecular flexibility index (Phi) is 4.27. The van der Waals surface area contributed by atoms with Crippen molar-refractivity contribution in [3.05, 3.63) is 29.3 Å². The summed E-state index contributed by atoms with van der Waals surface area (Å²) >= 11 is 0. The van der Waals surface area contributed by atoms with Gasteiger partial charge in [-0.3, -0.25) is 4.79 Å². The number of aldehydes is 2. The van der Waals surface area contributed by atoms with E-state index in [2.05, 4.69) is 0 Å². The molecule has 0 spiro atoms. The number of ether oxygens (including phenoxy) is 1. The lowest BCUT2D eigenvalue weighted by atomic mass is 10.1. The highest BCUT2D eigenvalue weighted by Crippen LogP contribution is 2.31. The third-order valence-electron chi connectivity index (χ3n) is 2.08. The molecule has 0 aliphatic rings. The summed E-state index contributed by atoms with van der Waals surface area (Å²) < 4.78 is 4.88. The molecule has 0 fully saturated rings. The molecule has 0 radical (unpaired) electrons. The molecule has 0 aliphatic carbocycles. The van der Waals surface area contributed by atoms with Crippen LogP contribution in [0.4, 0.5) is 0 Å². The summed E-state index contributed by atoms with van der Waals surface area (Å²) in [6, 6.07) is 3.20. The number of hydrogen-bond acceptors (Lipinski definition) is 4. The molecule has 1 rings (SSSR count). The topological polar surface area (TPSA) is 63.6 Å². The quantitative estimate of drug-likeness (QED) is 0.769. The standard InChI is InChI=1S/C12H12O4/c1-16-11-6-5-9(4-2-3-7-13)10(8-14)12(11)15/h2,4-8,15H,3H2,1H3. The smallest absolute Gasteiger partial charge is 0.168 e. The number of carbonyl (C=O) groups is 2. The number of carbonyl (C=O) groups excluding carboxylic acids is 2. The van der Waals surface area contributed by atoms with Gasteiger partial charge in [0.15, 0.2) is 17.8 Å². The second kappa shape index (κ2) is 5.70. The summed E-state index contributed by atoms with van der Waals surface area (Å²) in [5.41, 5.74) is 0.705. The van der Waals surface area contributed by atoms with E-state index < -0.39 is 0 Å². The van der Waals surface area contributed by atoms with Crippen LogP contribution in [0, 0.1) is 0 Å². The third-order valence-corrected chi connectivity index (χ3v) is 2.08. The molecular weight excluding hydrogens is 208 g/mol.